The molecule has 7 heteroatoms. The van der Waals surface area contributed by atoms with Crippen LogP contribution in [0.25, 0.3) is 0 Å². The van der Waals surface area contributed by atoms with Gasteiger partial charge in [-0.05, 0) is 25.0 Å². The van der Waals surface area contributed by atoms with Crippen molar-refractivity contribution < 1.29 is 14.2 Å². The highest BCUT2D eigenvalue weighted by Gasteiger charge is 2.49. The van der Waals surface area contributed by atoms with Gasteiger partial charge in [0.1, 0.15) is 6.20 Å². The third-order valence-electron chi connectivity index (χ3n) is 3.98. The summed E-state index contributed by atoms with van der Waals surface area (Å²) in [5.74, 6) is 0. The molecule has 4 amide bonds. The van der Waals surface area contributed by atoms with Crippen molar-refractivity contribution in [1.29, 1.82) is 0 Å². The van der Waals surface area contributed by atoms with Crippen molar-refractivity contribution >= 4 is 18.3 Å². The van der Waals surface area contributed by atoms with E-state index in [1.807, 2.05) is 7.05 Å². The minimum absolute atomic E-state index is 0.0750. The Hall–Kier alpha value is -1.73. The van der Waals surface area contributed by atoms with Gasteiger partial charge in [-0.25, -0.2) is 9.59 Å². The summed E-state index contributed by atoms with van der Waals surface area (Å²) in [6, 6.07) is -0.711. The van der Waals surface area contributed by atoms with E-state index in [1.165, 1.54) is 12.4 Å². The number of urea groups is 2. The fourth-order valence-corrected chi connectivity index (χ4v) is 2.52. The zero-order valence-electron chi connectivity index (χ0n) is 11.5. The Kier molecular flexibility index (Phi) is 3.42. The molecule has 2 rings (SSSR count). The molecule has 0 aliphatic carbocycles. The SMILES string of the molecule is CC1CC(N(C)C(=O)[N+]2(C(N)=O)C=CC=N2)CN1C. The Balaban J connectivity index is 2.18. The zero-order valence-corrected chi connectivity index (χ0v) is 11.5. The summed E-state index contributed by atoms with van der Waals surface area (Å²) in [6.45, 7) is 2.90. The van der Waals surface area contributed by atoms with E-state index in [1.54, 1.807) is 18.0 Å². The molecule has 3 atom stereocenters. The largest absolute Gasteiger partial charge is 0.459 e. The van der Waals surface area contributed by atoms with E-state index in [2.05, 4.69) is 16.9 Å². The van der Waals surface area contributed by atoms with Gasteiger partial charge in [0.05, 0.1) is 12.3 Å². The number of allylic oxidation sites excluding steroid dienone is 1. The highest BCUT2D eigenvalue weighted by molar-refractivity contribution is 5.86. The summed E-state index contributed by atoms with van der Waals surface area (Å²) in [5.41, 5.74) is 5.34. The molecular formula is C12H20N5O2+. The lowest BCUT2D eigenvalue weighted by Crippen LogP contribution is -2.57. The van der Waals surface area contributed by atoms with Crippen molar-refractivity contribution in [3.8, 4) is 0 Å². The van der Waals surface area contributed by atoms with E-state index in [-0.39, 0.29) is 6.04 Å². The number of rotatable bonds is 1. The number of quaternary nitrogens is 1. The Labute approximate surface area is 112 Å². The predicted molar refractivity (Wildman–Crippen MR) is 71.1 cm³/mol. The van der Waals surface area contributed by atoms with E-state index in [4.69, 9.17) is 5.73 Å². The zero-order chi connectivity index (χ0) is 14.2. The Morgan fingerprint density at radius 2 is 2.21 bits per heavy atom. The van der Waals surface area contributed by atoms with Crippen LogP contribution in [0, 0.1) is 0 Å². The average molecular weight is 266 g/mol. The molecule has 7 nitrogen and oxygen atoms in total. The first-order chi connectivity index (χ1) is 8.88. The van der Waals surface area contributed by atoms with Crippen LogP contribution in [0.1, 0.15) is 13.3 Å². The van der Waals surface area contributed by atoms with E-state index < -0.39 is 16.7 Å². The van der Waals surface area contributed by atoms with Gasteiger partial charge in [-0.1, -0.05) is 5.10 Å². The van der Waals surface area contributed by atoms with Crippen LogP contribution in [-0.2, 0) is 0 Å². The van der Waals surface area contributed by atoms with Crippen LogP contribution in [0.3, 0.4) is 0 Å². The topological polar surface area (TPSA) is 79.0 Å². The van der Waals surface area contributed by atoms with E-state index in [0.717, 1.165) is 13.0 Å². The predicted octanol–water partition coefficient (Wildman–Crippen LogP) is 0.539. The summed E-state index contributed by atoms with van der Waals surface area (Å²) in [5, 5.41) is 3.92. The van der Waals surface area contributed by atoms with Gasteiger partial charge < -0.3 is 10.6 Å². The van der Waals surface area contributed by atoms with Gasteiger partial charge in [-0.2, -0.15) is 0 Å². The lowest BCUT2D eigenvalue weighted by Gasteiger charge is -2.28. The van der Waals surface area contributed by atoms with E-state index in [0.29, 0.717) is 6.04 Å². The third kappa shape index (κ3) is 2.15. The highest BCUT2D eigenvalue weighted by Crippen LogP contribution is 2.24. The molecule has 2 aliphatic heterocycles. The average Bonchev–Trinajstić information content (AvgIpc) is 2.96. The van der Waals surface area contributed by atoms with Gasteiger partial charge >= 0.3 is 12.1 Å². The minimum Gasteiger partial charge on any atom is -0.316 e. The summed E-state index contributed by atoms with van der Waals surface area (Å²) in [6.07, 6.45) is 5.26. The van der Waals surface area contributed by atoms with Crippen molar-refractivity contribution in [3.63, 3.8) is 0 Å². The van der Waals surface area contributed by atoms with Gasteiger partial charge in [0.2, 0.25) is 0 Å². The number of likely N-dealkylation sites (N-methyl/N-ethyl adjacent to an activating group) is 2. The molecule has 0 aromatic rings. The second-order valence-corrected chi connectivity index (χ2v) is 5.20. The Bertz CT molecular complexity index is 437. The van der Waals surface area contributed by atoms with Gasteiger partial charge in [-0.15, -0.1) is 0 Å². The molecule has 0 aromatic carbocycles. The van der Waals surface area contributed by atoms with Crippen LogP contribution in [0.2, 0.25) is 0 Å². The number of hydrogen-bond acceptors (Lipinski definition) is 4. The summed E-state index contributed by atoms with van der Waals surface area (Å²) < 4.78 is -0.801. The quantitative estimate of drug-likeness (QED) is 0.703. The molecule has 2 N–H and O–H groups in total. The van der Waals surface area contributed by atoms with Crippen molar-refractivity contribution in [2.24, 2.45) is 10.8 Å². The molecule has 0 radical (unpaired) electrons. The fourth-order valence-electron chi connectivity index (χ4n) is 2.52. The van der Waals surface area contributed by atoms with Crippen LogP contribution >= 0.6 is 0 Å². The normalized spacial score (nSPS) is 33.8. The maximum atomic E-state index is 12.5. The molecule has 0 saturated carbocycles. The molecule has 0 spiro atoms. The Morgan fingerprint density at radius 3 is 2.63 bits per heavy atom. The molecule has 0 aromatic heterocycles. The van der Waals surface area contributed by atoms with Gasteiger partial charge in [-0.3, -0.25) is 4.90 Å². The van der Waals surface area contributed by atoms with Gasteiger partial charge in [0.15, 0.2) is 0 Å². The number of nitrogens with zero attached hydrogens (tertiary/aromatic N) is 4. The Morgan fingerprint density at radius 1 is 1.53 bits per heavy atom. The molecule has 1 saturated heterocycles. The van der Waals surface area contributed by atoms with Crippen LogP contribution in [-0.4, -0.2) is 65.4 Å². The molecule has 19 heavy (non-hydrogen) atoms. The fraction of sp³-hybridized carbons (Fsp3) is 0.583. The maximum Gasteiger partial charge on any atom is 0.459 e. The summed E-state index contributed by atoms with van der Waals surface area (Å²) in [4.78, 5) is 27.9. The summed E-state index contributed by atoms with van der Waals surface area (Å²) >= 11 is 0. The summed E-state index contributed by atoms with van der Waals surface area (Å²) in [7, 11) is 3.72. The van der Waals surface area contributed by atoms with E-state index in [9.17, 15) is 9.59 Å². The number of carbonyl (C=O) groups excluding carboxylic acids is 2. The molecular weight excluding hydrogens is 246 g/mol. The first-order valence-corrected chi connectivity index (χ1v) is 6.28. The third-order valence-corrected chi connectivity index (χ3v) is 3.98. The van der Waals surface area contributed by atoms with E-state index >= 15 is 0 Å². The first kappa shape index (κ1) is 13.7. The number of likely N-dealkylation sites (tertiary alicyclic amines) is 1. The van der Waals surface area contributed by atoms with Gasteiger partial charge in [0, 0.05) is 25.7 Å². The molecule has 3 unspecified atom stereocenters. The maximum absolute atomic E-state index is 12.5. The number of imide groups is 1. The minimum atomic E-state index is -0.801. The molecule has 104 valence electrons. The second-order valence-electron chi connectivity index (χ2n) is 5.20. The second kappa shape index (κ2) is 4.75. The smallest absolute Gasteiger partial charge is 0.316 e. The number of primary amides is 1. The monoisotopic (exact) mass is 266 g/mol. The highest BCUT2D eigenvalue weighted by atomic mass is 16.2. The molecule has 0 bridgehead atoms. The van der Waals surface area contributed by atoms with Crippen molar-refractivity contribution in [2.75, 3.05) is 20.6 Å². The van der Waals surface area contributed by atoms with Crippen LogP contribution in [0.15, 0.2) is 17.4 Å². The standard InChI is InChI=1S/C12H19N5O2/c1-9-7-10(8-15(9)2)16(3)12(19)17(11(13)18)6-4-5-14-17/h4-6,9-10H,7-8H2,1-3H3,(H-,13,18)/p+1. The van der Waals surface area contributed by atoms with Crippen molar-refractivity contribution in [1.82, 2.24) is 9.80 Å². The number of hydrogen-bond donors (Lipinski definition) is 1. The van der Waals surface area contributed by atoms with Crippen molar-refractivity contribution in [3.05, 3.63) is 12.3 Å². The van der Waals surface area contributed by atoms with Crippen LogP contribution in [0.5, 0.6) is 0 Å². The van der Waals surface area contributed by atoms with Crippen LogP contribution in [0.4, 0.5) is 9.59 Å². The van der Waals surface area contributed by atoms with Gasteiger partial charge in [0.25, 0.3) is 0 Å². The molecule has 1 fully saturated rings. The first-order valence-electron chi connectivity index (χ1n) is 6.28. The lowest BCUT2D eigenvalue weighted by atomic mass is 10.2. The van der Waals surface area contributed by atoms with Crippen LogP contribution < -0.4 is 5.73 Å². The molecule has 2 heterocycles. The number of nitrogens with two attached hydrogens (primary N) is 1. The van der Waals surface area contributed by atoms with Crippen molar-refractivity contribution in [2.45, 2.75) is 25.4 Å². The number of carbonyl (C=O) groups is 2. The lowest BCUT2D eigenvalue weighted by molar-refractivity contribution is -0.719. The number of amides is 4. The molecule has 2 aliphatic rings.